The Morgan fingerprint density at radius 3 is 2.56 bits per heavy atom. The highest BCUT2D eigenvalue weighted by molar-refractivity contribution is 6.42. The van der Waals surface area contributed by atoms with Gasteiger partial charge in [-0.25, -0.2) is 4.39 Å². The quantitative estimate of drug-likeness (QED) is 0.767. The molecule has 3 rings (SSSR count). The van der Waals surface area contributed by atoms with E-state index in [9.17, 15) is 4.39 Å². The Kier molecular flexibility index (Phi) is 6.98. The molecular formula is C19H28Cl2FN3. The minimum Gasteiger partial charge on any atom is -0.319 e. The van der Waals surface area contributed by atoms with Crippen molar-refractivity contribution in [3.8, 4) is 0 Å². The lowest BCUT2D eigenvalue weighted by atomic mass is 9.94. The lowest BCUT2D eigenvalue weighted by Gasteiger charge is -2.47. The highest BCUT2D eigenvalue weighted by Gasteiger charge is 2.33. The van der Waals surface area contributed by atoms with Crippen LogP contribution in [0.15, 0.2) is 18.2 Å². The number of rotatable bonds is 7. The Labute approximate surface area is 160 Å². The van der Waals surface area contributed by atoms with Crippen molar-refractivity contribution in [2.24, 2.45) is 0 Å². The molecule has 2 aliphatic heterocycles. The number of alkyl halides is 1. The summed E-state index contributed by atoms with van der Waals surface area (Å²) in [6.07, 6.45) is 1.93. The second-order valence-corrected chi connectivity index (χ2v) is 8.16. The number of hydrogen-bond acceptors (Lipinski definition) is 3. The van der Waals surface area contributed by atoms with Gasteiger partial charge in [0.1, 0.15) is 6.17 Å². The van der Waals surface area contributed by atoms with Gasteiger partial charge in [0, 0.05) is 38.8 Å². The first kappa shape index (κ1) is 19.4. The Morgan fingerprint density at radius 1 is 1.20 bits per heavy atom. The molecule has 0 aromatic heterocycles. The lowest BCUT2D eigenvalue weighted by molar-refractivity contribution is 0.00903. The highest BCUT2D eigenvalue weighted by Crippen LogP contribution is 2.29. The summed E-state index contributed by atoms with van der Waals surface area (Å²) in [6, 6.07) is 6.58. The van der Waals surface area contributed by atoms with Crippen molar-refractivity contribution in [2.75, 3.05) is 46.3 Å². The number of likely N-dealkylation sites (tertiary alicyclic amines) is 2. The maximum absolute atomic E-state index is 13.3. The van der Waals surface area contributed by atoms with Crippen molar-refractivity contribution < 1.29 is 4.39 Å². The zero-order valence-electron chi connectivity index (χ0n) is 14.9. The van der Waals surface area contributed by atoms with Crippen LogP contribution in [0.3, 0.4) is 0 Å². The molecule has 0 radical (unpaired) electrons. The summed E-state index contributed by atoms with van der Waals surface area (Å²) in [5.74, 6) is 0.432. The molecule has 6 heteroatoms. The monoisotopic (exact) mass is 387 g/mol. The van der Waals surface area contributed by atoms with Crippen LogP contribution < -0.4 is 5.32 Å². The predicted octanol–water partition coefficient (Wildman–Crippen LogP) is 3.80. The van der Waals surface area contributed by atoms with Crippen molar-refractivity contribution in [3.63, 3.8) is 0 Å². The van der Waals surface area contributed by atoms with Crippen LogP contribution in [0.2, 0.25) is 10.0 Å². The zero-order chi connectivity index (χ0) is 17.8. The third-order valence-electron chi connectivity index (χ3n) is 5.57. The average molecular weight is 388 g/mol. The molecule has 1 aromatic carbocycles. The van der Waals surface area contributed by atoms with E-state index >= 15 is 0 Å². The van der Waals surface area contributed by atoms with Crippen molar-refractivity contribution in [1.82, 2.24) is 15.1 Å². The molecule has 0 unspecified atom stereocenters. The van der Waals surface area contributed by atoms with Crippen LogP contribution in [0.5, 0.6) is 0 Å². The van der Waals surface area contributed by atoms with Gasteiger partial charge in [-0.15, -0.1) is 0 Å². The average Bonchev–Trinajstić information content (AvgIpc) is 2.56. The minimum absolute atomic E-state index is 0.432. The maximum atomic E-state index is 13.3. The van der Waals surface area contributed by atoms with E-state index in [1.807, 2.05) is 19.2 Å². The van der Waals surface area contributed by atoms with Crippen LogP contribution in [0.4, 0.5) is 4.39 Å². The molecule has 140 valence electrons. The largest absolute Gasteiger partial charge is 0.319 e. The van der Waals surface area contributed by atoms with E-state index in [4.69, 9.17) is 23.2 Å². The van der Waals surface area contributed by atoms with Crippen molar-refractivity contribution in [2.45, 2.75) is 37.4 Å². The third kappa shape index (κ3) is 5.08. The second-order valence-electron chi connectivity index (χ2n) is 7.34. The Bertz CT molecular complexity index is 558. The van der Waals surface area contributed by atoms with Gasteiger partial charge in [0.2, 0.25) is 0 Å². The highest BCUT2D eigenvalue weighted by atomic mass is 35.5. The van der Waals surface area contributed by atoms with Gasteiger partial charge in [0.15, 0.2) is 0 Å². The van der Waals surface area contributed by atoms with Gasteiger partial charge in [-0.2, -0.15) is 0 Å². The van der Waals surface area contributed by atoms with Crippen molar-refractivity contribution in [3.05, 3.63) is 33.8 Å². The predicted molar refractivity (Wildman–Crippen MR) is 104 cm³/mol. The molecule has 1 atom stereocenters. The molecule has 0 spiro atoms. The van der Waals surface area contributed by atoms with Gasteiger partial charge < -0.3 is 10.2 Å². The number of piperidine rings is 1. The summed E-state index contributed by atoms with van der Waals surface area (Å²) in [5, 5.41) is 4.52. The van der Waals surface area contributed by atoms with Gasteiger partial charge in [0.25, 0.3) is 0 Å². The Balaban J connectivity index is 1.46. The molecular weight excluding hydrogens is 360 g/mol. The number of likely N-dealkylation sites (N-methyl/N-ethyl adjacent to an activating group) is 1. The van der Waals surface area contributed by atoms with E-state index in [2.05, 4.69) is 21.2 Å². The van der Waals surface area contributed by atoms with Crippen LogP contribution >= 0.6 is 23.2 Å². The summed E-state index contributed by atoms with van der Waals surface area (Å²) in [5.41, 5.74) is 1.24. The molecule has 2 fully saturated rings. The number of nitrogens with zero attached hydrogens (tertiary/aromatic N) is 2. The van der Waals surface area contributed by atoms with Gasteiger partial charge in [-0.3, -0.25) is 4.90 Å². The molecule has 0 saturated carbocycles. The molecule has 2 aliphatic rings. The summed E-state index contributed by atoms with van der Waals surface area (Å²) >= 11 is 12.2. The molecule has 0 aliphatic carbocycles. The summed E-state index contributed by atoms with van der Waals surface area (Å²) in [7, 11) is 1.98. The van der Waals surface area contributed by atoms with Crippen LogP contribution in [0, 0.1) is 0 Å². The molecule has 2 heterocycles. The first-order chi connectivity index (χ1) is 12.1. The summed E-state index contributed by atoms with van der Waals surface area (Å²) in [4.78, 5) is 4.98. The van der Waals surface area contributed by atoms with E-state index in [1.165, 1.54) is 5.56 Å². The van der Waals surface area contributed by atoms with Gasteiger partial charge >= 0.3 is 0 Å². The minimum atomic E-state index is -0.582. The van der Waals surface area contributed by atoms with E-state index < -0.39 is 6.17 Å². The van der Waals surface area contributed by atoms with Crippen LogP contribution in [-0.4, -0.2) is 68.3 Å². The molecule has 0 bridgehead atoms. The van der Waals surface area contributed by atoms with Gasteiger partial charge in [0.05, 0.1) is 10.0 Å². The van der Waals surface area contributed by atoms with Crippen LogP contribution in [0.25, 0.3) is 0 Å². The van der Waals surface area contributed by atoms with E-state index in [1.54, 1.807) is 0 Å². The normalized spacial score (nSPS) is 22.1. The smallest absolute Gasteiger partial charge is 0.103 e. The molecule has 3 nitrogen and oxygen atoms in total. The Hall–Kier alpha value is -0.390. The lowest BCUT2D eigenvalue weighted by Crippen LogP contribution is -2.60. The van der Waals surface area contributed by atoms with Gasteiger partial charge in [-0.1, -0.05) is 29.3 Å². The SMILES string of the molecule is CNC[C@@H](CCN1CC(N2CCC(F)CC2)C1)c1ccc(Cl)c(Cl)c1. The Morgan fingerprint density at radius 2 is 1.92 bits per heavy atom. The fourth-order valence-corrected chi connectivity index (χ4v) is 4.23. The molecule has 2 saturated heterocycles. The van der Waals surface area contributed by atoms with E-state index in [0.717, 1.165) is 45.7 Å². The first-order valence-corrected chi connectivity index (χ1v) is 10.0. The van der Waals surface area contributed by atoms with Crippen LogP contribution in [0.1, 0.15) is 30.7 Å². The van der Waals surface area contributed by atoms with E-state index in [-0.39, 0.29) is 0 Å². The van der Waals surface area contributed by atoms with Crippen molar-refractivity contribution >= 4 is 23.2 Å². The fraction of sp³-hybridized carbons (Fsp3) is 0.684. The number of nitrogens with one attached hydrogen (secondary N) is 1. The number of benzene rings is 1. The number of hydrogen-bond donors (Lipinski definition) is 1. The molecule has 0 amide bonds. The second kappa shape index (κ2) is 9.01. The standard InChI is InChI=1S/C19H28Cl2FN3/c1-23-11-15(14-2-3-18(20)19(21)10-14)4-7-24-12-17(13-24)25-8-5-16(22)6-9-25/h2-3,10,15-17,23H,4-9,11-13H2,1H3/t15-/m1/s1. The third-order valence-corrected chi connectivity index (χ3v) is 6.31. The topological polar surface area (TPSA) is 18.5 Å². The van der Waals surface area contributed by atoms with Gasteiger partial charge in [-0.05, 0) is 56.5 Å². The molecule has 25 heavy (non-hydrogen) atoms. The molecule has 1 N–H and O–H groups in total. The maximum Gasteiger partial charge on any atom is 0.103 e. The summed E-state index contributed by atoms with van der Waals surface area (Å²) in [6.45, 7) is 6.09. The van der Waals surface area contributed by atoms with Crippen molar-refractivity contribution in [1.29, 1.82) is 0 Å². The van der Waals surface area contributed by atoms with E-state index in [0.29, 0.717) is 34.8 Å². The first-order valence-electron chi connectivity index (χ1n) is 9.27. The zero-order valence-corrected chi connectivity index (χ0v) is 16.4. The van der Waals surface area contributed by atoms with Crippen LogP contribution in [-0.2, 0) is 0 Å². The number of halogens is 3. The summed E-state index contributed by atoms with van der Waals surface area (Å²) < 4.78 is 13.3. The molecule has 1 aromatic rings. The fourth-order valence-electron chi connectivity index (χ4n) is 3.93.